The van der Waals surface area contributed by atoms with Gasteiger partial charge in [-0.1, -0.05) is 188 Å². The van der Waals surface area contributed by atoms with E-state index in [0.29, 0.717) is 0 Å². The summed E-state index contributed by atoms with van der Waals surface area (Å²) in [5, 5.41) is 7.61. The van der Waals surface area contributed by atoms with Crippen LogP contribution in [0.15, 0.2) is 224 Å². The molecule has 10 aromatic carbocycles. The van der Waals surface area contributed by atoms with E-state index in [1.54, 1.807) is 0 Å². The van der Waals surface area contributed by atoms with Gasteiger partial charge in [0.1, 0.15) is 0 Å². The van der Waals surface area contributed by atoms with Crippen LogP contribution >= 0.6 is 0 Å². The highest BCUT2D eigenvalue weighted by molar-refractivity contribution is 6.25. The minimum atomic E-state index is -0.494. The van der Waals surface area contributed by atoms with Gasteiger partial charge in [0.25, 0.3) is 0 Å². The zero-order chi connectivity index (χ0) is 37.1. The van der Waals surface area contributed by atoms with Crippen LogP contribution in [0.3, 0.4) is 0 Å². The van der Waals surface area contributed by atoms with E-state index >= 15 is 0 Å². The SMILES string of the molecule is c1ccc(-c2ccc(N(c3ccc4c(c3)C(c3ccccc3)(c3ccccc3)c3ccccc3-4)c3ccc4c5ccccc5c5ccccc5c4c3)cc2)cc1. The summed E-state index contributed by atoms with van der Waals surface area (Å²) in [7, 11) is 0. The van der Waals surface area contributed by atoms with Crippen LogP contribution in [-0.4, -0.2) is 0 Å². The highest BCUT2D eigenvalue weighted by Crippen LogP contribution is 2.57. The Morgan fingerprint density at radius 2 is 0.696 bits per heavy atom. The third-order valence-electron chi connectivity index (χ3n) is 11.9. The van der Waals surface area contributed by atoms with Gasteiger partial charge >= 0.3 is 0 Å². The molecule has 0 unspecified atom stereocenters. The van der Waals surface area contributed by atoms with Gasteiger partial charge in [-0.25, -0.2) is 0 Å². The molecule has 0 aliphatic heterocycles. The lowest BCUT2D eigenvalue weighted by Crippen LogP contribution is -2.28. The molecule has 1 nitrogen and oxygen atoms in total. The Labute approximate surface area is 327 Å². The zero-order valence-corrected chi connectivity index (χ0v) is 30.8. The lowest BCUT2D eigenvalue weighted by atomic mass is 9.67. The standard InChI is InChI=1S/C55H37N/c1-4-16-38(17-5-1)39-28-30-42(31-29-39)56(43-32-34-49-47-24-11-10-22-45(47)46-23-12-13-25-48(46)52(49)36-43)44-33-35-51-50-26-14-15-27-53(50)55(54(51)37-44,40-18-6-2-7-19-40)41-20-8-3-9-21-41/h1-37H. The Morgan fingerprint density at radius 3 is 1.32 bits per heavy atom. The fourth-order valence-electron chi connectivity index (χ4n) is 9.49. The molecule has 0 bridgehead atoms. The number of anilines is 3. The molecule has 11 rings (SSSR count). The molecule has 0 fully saturated rings. The first-order chi connectivity index (χ1) is 27.8. The summed E-state index contributed by atoms with van der Waals surface area (Å²) < 4.78 is 0. The predicted molar refractivity (Wildman–Crippen MR) is 236 cm³/mol. The van der Waals surface area contributed by atoms with Crippen molar-refractivity contribution in [1.29, 1.82) is 0 Å². The molecule has 0 N–H and O–H groups in total. The van der Waals surface area contributed by atoms with Gasteiger partial charge in [0.2, 0.25) is 0 Å². The second-order valence-electron chi connectivity index (χ2n) is 14.8. The van der Waals surface area contributed by atoms with Gasteiger partial charge in [-0.15, -0.1) is 0 Å². The van der Waals surface area contributed by atoms with Gasteiger partial charge in [0.15, 0.2) is 0 Å². The van der Waals surface area contributed by atoms with Gasteiger partial charge in [-0.05, 0) is 113 Å². The molecule has 1 aliphatic rings. The average Bonchev–Trinajstić information content (AvgIpc) is 3.58. The number of fused-ring (bicyclic) bond motifs is 9. The van der Waals surface area contributed by atoms with Gasteiger partial charge in [-0.3, -0.25) is 0 Å². The average molecular weight is 712 g/mol. The number of rotatable bonds is 6. The van der Waals surface area contributed by atoms with Crippen LogP contribution in [0.25, 0.3) is 54.6 Å². The summed E-state index contributed by atoms with van der Waals surface area (Å²) in [5.74, 6) is 0. The highest BCUT2D eigenvalue weighted by atomic mass is 15.1. The Morgan fingerprint density at radius 1 is 0.268 bits per heavy atom. The van der Waals surface area contributed by atoms with Crippen LogP contribution < -0.4 is 4.90 Å². The number of nitrogens with zero attached hydrogens (tertiary/aromatic N) is 1. The maximum atomic E-state index is 2.46. The zero-order valence-electron chi connectivity index (χ0n) is 30.8. The molecule has 0 radical (unpaired) electrons. The van der Waals surface area contributed by atoms with Crippen molar-refractivity contribution in [3.63, 3.8) is 0 Å². The van der Waals surface area contributed by atoms with E-state index in [1.807, 2.05) is 0 Å². The summed E-state index contributed by atoms with van der Waals surface area (Å²) in [4.78, 5) is 2.45. The first-order valence-corrected chi connectivity index (χ1v) is 19.4. The Hall–Kier alpha value is -7.22. The minimum Gasteiger partial charge on any atom is -0.310 e. The maximum absolute atomic E-state index is 2.46. The van der Waals surface area contributed by atoms with Crippen molar-refractivity contribution < 1.29 is 0 Å². The predicted octanol–water partition coefficient (Wildman–Crippen LogP) is 14.6. The summed E-state index contributed by atoms with van der Waals surface area (Å²) in [6, 6.07) is 82.6. The first kappa shape index (κ1) is 32.2. The van der Waals surface area contributed by atoms with Crippen molar-refractivity contribution in [3.05, 3.63) is 247 Å². The fourth-order valence-corrected chi connectivity index (χ4v) is 9.49. The van der Waals surface area contributed by atoms with Crippen molar-refractivity contribution in [3.8, 4) is 22.3 Å². The summed E-state index contributed by atoms with van der Waals surface area (Å²) >= 11 is 0. The third kappa shape index (κ3) is 4.88. The van der Waals surface area contributed by atoms with Gasteiger partial charge in [0.05, 0.1) is 5.41 Å². The molecule has 1 heteroatoms. The summed E-state index contributed by atoms with van der Waals surface area (Å²) in [6.07, 6.45) is 0. The second-order valence-corrected chi connectivity index (χ2v) is 14.8. The van der Waals surface area contributed by atoms with Crippen LogP contribution in [-0.2, 0) is 5.41 Å². The topological polar surface area (TPSA) is 3.24 Å². The van der Waals surface area contributed by atoms with Crippen molar-refractivity contribution in [1.82, 2.24) is 0 Å². The second kappa shape index (κ2) is 13.0. The monoisotopic (exact) mass is 711 g/mol. The summed E-state index contributed by atoms with van der Waals surface area (Å²) in [5.41, 5.74) is 12.9. The summed E-state index contributed by atoms with van der Waals surface area (Å²) in [6.45, 7) is 0. The molecule has 10 aromatic rings. The van der Waals surface area contributed by atoms with E-state index in [-0.39, 0.29) is 0 Å². The van der Waals surface area contributed by atoms with E-state index in [1.165, 1.54) is 76.8 Å². The Balaban J connectivity index is 1.18. The van der Waals surface area contributed by atoms with Crippen LogP contribution in [0.4, 0.5) is 17.1 Å². The third-order valence-corrected chi connectivity index (χ3v) is 11.9. The normalized spacial score (nSPS) is 12.8. The van der Waals surface area contributed by atoms with Crippen LogP contribution in [0.2, 0.25) is 0 Å². The largest absolute Gasteiger partial charge is 0.310 e. The molecule has 1 aliphatic carbocycles. The molecule has 0 saturated heterocycles. The fraction of sp³-hybridized carbons (Fsp3) is 0.0182. The van der Waals surface area contributed by atoms with Gasteiger partial charge in [-0.2, -0.15) is 0 Å². The quantitative estimate of drug-likeness (QED) is 0.155. The molecule has 0 spiro atoms. The molecule has 262 valence electrons. The van der Waals surface area contributed by atoms with Crippen molar-refractivity contribution in [2.45, 2.75) is 5.41 Å². The molecule has 56 heavy (non-hydrogen) atoms. The van der Waals surface area contributed by atoms with E-state index in [2.05, 4.69) is 229 Å². The molecule has 0 saturated carbocycles. The van der Waals surface area contributed by atoms with Gasteiger partial charge in [0, 0.05) is 17.1 Å². The minimum absolute atomic E-state index is 0.494. The molecule has 0 amide bonds. The lowest BCUT2D eigenvalue weighted by Gasteiger charge is -2.35. The molecule has 0 atom stereocenters. The van der Waals surface area contributed by atoms with E-state index < -0.39 is 5.41 Å². The smallest absolute Gasteiger partial charge is 0.0714 e. The van der Waals surface area contributed by atoms with Crippen LogP contribution in [0.5, 0.6) is 0 Å². The van der Waals surface area contributed by atoms with E-state index in [9.17, 15) is 0 Å². The van der Waals surface area contributed by atoms with Crippen molar-refractivity contribution >= 4 is 49.4 Å². The van der Waals surface area contributed by atoms with Crippen LogP contribution in [0.1, 0.15) is 22.3 Å². The molecule has 0 aromatic heterocycles. The van der Waals surface area contributed by atoms with Crippen molar-refractivity contribution in [2.24, 2.45) is 0 Å². The van der Waals surface area contributed by atoms with E-state index in [4.69, 9.17) is 0 Å². The number of hydrogen-bond donors (Lipinski definition) is 0. The number of hydrogen-bond acceptors (Lipinski definition) is 1. The Kier molecular flexibility index (Phi) is 7.47. The lowest BCUT2D eigenvalue weighted by molar-refractivity contribution is 0.768. The molecule has 0 heterocycles. The number of benzene rings is 10. The molecular formula is C55H37N. The van der Waals surface area contributed by atoms with Crippen LogP contribution in [0, 0.1) is 0 Å². The Bertz CT molecular complexity index is 2980. The molecular weight excluding hydrogens is 675 g/mol. The first-order valence-electron chi connectivity index (χ1n) is 19.4. The van der Waals surface area contributed by atoms with Gasteiger partial charge < -0.3 is 4.90 Å². The van der Waals surface area contributed by atoms with E-state index in [0.717, 1.165) is 17.1 Å². The maximum Gasteiger partial charge on any atom is 0.0714 e. The highest BCUT2D eigenvalue weighted by Gasteiger charge is 2.46. The van der Waals surface area contributed by atoms with Crippen molar-refractivity contribution in [2.75, 3.05) is 4.90 Å².